The Hall–Kier alpha value is -5.90. The van der Waals surface area contributed by atoms with Gasteiger partial charge in [-0.1, -0.05) is 36.4 Å². The van der Waals surface area contributed by atoms with Crippen LogP contribution in [0, 0.1) is 0 Å². The number of nitrogens with one attached hydrogen (secondary N) is 1. The van der Waals surface area contributed by atoms with Crippen LogP contribution >= 0.6 is 0 Å². The Kier molecular flexibility index (Phi) is 6.35. The second-order valence-electron chi connectivity index (χ2n) is 10.3. The second-order valence-corrected chi connectivity index (χ2v) is 10.3. The number of nitrogen functional groups attached to an aromatic ring is 1. The lowest BCUT2D eigenvalue weighted by atomic mass is 10.1. The Labute approximate surface area is 245 Å². The number of aromatic hydroxyl groups is 1. The molecule has 0 spiro atoms. The third-order valence-electron chi connectivity index (χ3n) is 7.69. The van der Waals surface area contributed by atoms with Crippen LogP contribution in [0.4, 0.5) is 5.82 Å². The summed E-state index contributed by atoms with van der Waals surface area (Å²) in [7, 11) is 0. The molecule has 1 amide bonds. The van der Waals surface area contributed by atoms with Gasteiger partial charge in [0, 0.05) is 17.4 Å². The Morgan fingerprint density at radius 2 is 1.86 bits per heavy atom. The predicted molar refractivity (Wildman–Crippen MR) is 162 cm³/mol. The van der Waals surface area contributed by atoms with Crippen molar-refractivity contribution in [2.75, 3.05) is 5.73 Å². The summed E-state index contributed by atoms with van der Waals surface area (Å²) in [5.74, 6) is 0.310. The highest BCUT2D eigenvalue weighted by Gasteiger charge is 2.27. The molecule has 4 N–H and O–H groups in total. The monoisotopic (exact) mass is 567 g/mol. The fraction of sp³-hybridized carbons (Fsp3) is 0.0909. The lowest BCUT2D eigenvalue weighted by molar-refractivity contribution is 0.0931. The predicted octanol–water partition coefficient (Wildman–Crippen LogP) is 5.06. The lowest BCUT2D eigenvalue weighted by Gasteiger charge is -2.16. The molecule has 7 rings (SSSR count). The van der Waals surface area contributed by atoms with E-state index in [1.54, 1.807) is 6.20 Å². The molecule has 1 aliphatic carbocycles. The van der Waals surface area contributed by atoms with Gasteiger partial charge in [0.2, 0.25) is 0 Å². The summed E-state index contributed by atoms with van der Waals surface area (Å²) in [6, 6.07) is 24.8. The van der Waals surface area contributed by atoms with Gasteiger partial charge in [0.05, 0.1) is 29.1 Å². The van der Waals surface area contributed by atoms with Crippen molar-refractivity contribution in [3.8, 4) is 34.1 Å². The quantitative estimate of drug-likeness (QED) is 0.237. The van der Waals surface area contributed by atoms with Gasteiger partial charge in [-0.05, 0) is 66.4 Å². The van der Waals surface area contributed by atoms with Crippen molar-refractivity contribution in [2.45, 2.75) is 18.9 Å². The van der Waals surface area contributed by atoms with E-state index in [9.17, 15) is 14.7 Å². The third kappa shape index (κ3) is 4.64. The minimum absolute atomic E-state index is 0.0123. The Balaban J connectivity index is 1.29. The molecule has 0 fully saturated rings. The number of hydrogen-bond acceptors (Lipinski definition) is 8. The largest absolute Gasteiger partial charge is 0.506 e. The molecule has 0 aliphatic heterocycles. The Morgan fingerprint density at radius 3 is 2.67 bits per heavy atom. The van der Waals surface area contributed by atoms with Crippen LogP contribution < -0.4 is 11.1 Å². The number of fused-ring (bicyclic) bond motifs is 2. The standard InChI is InChI=1S/C33H25N7O3/c34-30-24(7-4-14-35-30)31-38-27-13-12-25(19-5-2-1-3-6-19)37-32(27)40(31)22-9-10-23-20(15-22)8-11-26(23)39-33(43)28-16-21(18-41)29(42)17-36-28/h1-7,9-10,12-18,26,42H,8,11H2,(H2,34,35)(H,39,43)/t26-/m0/s1. The highest BCUT2D eigenvalue weighted by atomic mass is 16.3. The molecule has 43 heavy (non-hydrogen) atoms. The average molecular weight is 568 g/mol. The number of pyridine rings is 3. The van der Waals surface area contributed by atoms with Crippen molar-refractivity contribution in [1.29, 1.82) is 0 Å². The first kappa shape index (κ1) is 26.0. The van der Waals surface area contributed by atoms with Gasteiger partial charge in [-0.25, -0.2) is 19.9 Å². The average Bonchev–Trinajstić information content (AvgIpc) is 3.62. The first-order chi connectivity index (χ1) is 21.0. The molecule has 4 heterocycles. The van der Waals surface area contributed by atoms with Crippen molar-refractivity contribution in [2.24, 2.45) is 0 Å². The minimum atomic E-state index is -0.419. The molecule has 4 aromatic heterocycles. The number of aromatic nitrogens is 5. The molecule has 210 valence electrons. The number of benzene rings is 2. The van der Waals surface area contributed by atoms with Gasteiger partial charge in [0.1, 0.15) is 22.8 Å². The number of amides is 1. The summed E-state index contributed by atoms with van der Waals surface area (Å²) in [4.78, 5) is 42.4. The number of hydrogen-bond donors (Lipinski definition) is 3. The van der Waals surface area contributed by atoms with E-state index in [0.717, 1.165) is 46.2 Å². The summed E-state index contributed by atoms with van der Waals surface area (Å²) >= 11 is 0. The number of carbonyl (C=O) groups is 2. The maximum atomic E-state index is 13.0. The molecule has 1 aliphatic rings. The zero-order chi connectivity index (χ0) is 29.5. The number of imidazole rings is 1. The summed E-state index contributed by atoms with van der Waals surface area (Å²) in [5.41, 5.74) is 13.3. The molecule has 0 bridgehead atoms. The number of aldehydes is 1. The van der Waals surface area contributed by atoms with Crippen LogP contribution in [-0.4, -0.2) is 41.8 Å². The van der Waals surface area contributed by atoms with Crippen LogP contribution in [0.5, 0.6) is 5.75 Å². The molecular weight excluding hydrogens is 542 g/mol. The van der Waals surface area contributed by atoms with E-state index >= 15 is 0 Å². The number of carbonyl (C=O) groups excluding carboxylic acids is 2. The molecule has 0 saturated heterocycles. The van der Waals surface area contributed by atoms with Gasteiger partial charge in [-0.3, -0.25) is 14.2 Å². The number of nitrogens with zero attached hydrogens (tertiary/aromatic N) is 5. The second kappa shape index (κ2) is 10.5. The number of rotatable bonds is 6. The van der Waals surface area contributed by atoms with E-state index in [0.29, 0.717) is 35.6 Å². The van der Waals surface area contributed by atoms with Gasteiger partial charge in [0.15, 0.2) is 17.8 Å². The topological polar surface area (TPSA) is 149 Å². The van der Waals surface area contributed by atoms with Crippen molar-refractivity contribution >= 4 is 29.2 Å². The van der Waals surface area contributed by atoms with Crippen molar-refractivity contribution < 1.29 is 14.7 Å². The van der Waals surface area contributed by atoms with Crippen LogP contribution in [-0.2, 0) is 6.42 Å². The molecule has 2 aromatic carbocycles. The molecule has 6 aromatic rings. The van der Waals surface area contributed by atoms with E-state index in [1.165, 1.54) is 6.07 Å². The summed E-state index contributed by atoms with van der Waals surface area (Å²) in [6.45, 7) is 0. The van der Waals surface area contributed by atoms with Crippen molar-refractivity contribution in [1.82, 2.24) is 29.8 Å². The molecule has 0 unspecified atom stereocenters. The van der Waals surface area contributed by atoms with Crippen LogP contribution in [0.1, 0.15) is 44.4 Å². The fourth-order valence-corrected chi connectivity index (χ4v) is 5.57. The summed E-state index contributed by atoms with van der Waals surface area (Å²) in [5, 5.41) is 12.8. The smallest absolute Gasteiger partial charge is 0.270 e. The van der Waals surface area contributed by atoms with Crippen LogP contribution in [0.2, 0.25) is 0 Å². The van der Waals surface area contributed by atoms with Gasteiger partial charge in [-0.15, -0.1) is 0 Å². The van der Waals surface area contributed by atoms with E-state index in [4.69, 9.17) is 15.7 Å². The van der Waals surface area contributed by atoms with E-state index in [2.05, 4.69) is 21.4 Å². The molecular formula is C33H25N7O3. The Bertz CT molecular complexity index is 2040. The lowest BCUT2D eigenvalue weighted by Crippen LogP contribution is -2.28. The Morgan fingerprint density at radius 1 is 1.00 bits per heavy atom. The summed E-state index contributed by atoms with van der Waals surface area (Å²) in [6.07, 6.45) is 4.69. The van der Waals surface area contributed by atoms with Gasteiger partial charge >= 0.3 is 0 Å². The summed E-state index contributed by atoms with van der Waals surface area (Å²) < 4.78 is 2.00. The molecule has 10 nitrogen and oxygen atoms in total. The number of aryl methyl sites for hydroxylation is 1. The van der Waals surface area contributed by atoms with Crippen LogP contribution in [0.15, 0.2) is 91.3 Å². The minimum Gasteiger partial charge on any atom is -0.506 e. The fourth-order valence-electron chi connectivity index (χ4n) is 5.57. The maximum absolute atomic E-state index is 13.0. The van der Waals surface area contributed by atoms with Gasteiger partial charge < -0.3 is 16.2 Å². The highest BCUT2D eigenvalue weighted by Crippen LogP contribution is 2.36. The van der Waals surface area contributed by atoms with Crippen molar-refractivity contribution in [3.05, 3.63) is 114 Å². The van der Waals surface area contributed by atoms with E-state index < -0.39 is 5.91 Å². The SMILES string of the molecule is Nc1ncccc1-c1nc2ccc(-c3ccccc3)nc2n1-c1ccc2c(c1)CC[C@@H]2NC(=O)c1cc(C=O)c(O)cn1. The zero-order valence-electron chi connectivity index (χ0n) is 22.8. The third-order valence-corrected chi connectivity index (χ3v) is 7.69. The van der Waals surface area contributed by atoms with Gasteiger partial charge in [0.25, 0.3) is 5.91 Å². The molecule has 0 saturated carbocycles. The first-order valence-corrected chi connectivity index (χ1v) is 13.7. The van der Waals surface area contributed by atoms with Crippen LogP contribution in [0.3, 0.4) is 0 Å². The van der Waals surface area contributed by atoms with Gasteiger partial charge in [-0.2, -0.15) is 0 Å². The number of nitrogens with two attached hydrogens (primary N) is 1. The molecule has 0 radical (unpaired) electrons. The number of anilines is 1. The molecule has 10 heteroatoms. The van der Waals surface area contributed by atoms with E-state index in [1.807, 2.05) is 71.3 Å². The van der Waals surface area contributed by atoms with Crippen molar-refractivity contribution in [3.63, 3.8) is 0 Å². The first-order valence-electron chi connectivity index (χ1n) is 13.7. The van der Waals surface area contributed by atoms with Crippen LogP contribution in [0.25, 0.3) is 39.5 Å². The maximum Gasteiger partial charge on any atom is 0.270 e. The normalized spacial score (nSPS) is 14.0. The van der Waals surface area contributed by atoms with E-state index in [-0.39, 0.29) is 23.0 Å². The zero-order valence-corrected chi connectivity index (χ0v) is 22.8. The molecule has 1 atom stereocenters. The highest BCUT2D eigenvalue weighted by molar-refractivity contribution is 5.95.